The molecule has 0 aliphatic carbocycles. The van der Waals surface area contributed by atoms with E-state index in [9.17, 15) is 0 Å². The van der Waals surface area contributed by atoms with Crippen molar-refractivity contribution in [1.29, 1.82) is 0 Å². The number of rotatable bonds is 6. The smallest absolute Gasteiger partial charge is 0.164 e. The van der Waals surface area contributed by atoms with E-state index >= 15 is 0 Å². The van der Waals surface area contributed by atoms with Crippen molar-refractivity contribution < 1.29 is 4.42 Å². The number of para-hydroxylation sites is 2. The molecule has 0 fully saturated rings. The van der Waals surface area contributed by atoms with Gasteiger partial charge in [0.2, 0.25) is 0 Å². The minimum absolute atomic E-state index is 0.613. The first-order valence-corrected chi connectivity index (χ1v) is 19.5. The summed E-state index contributed by atoms with van der Waals surface area (Å²) in [6, 6.07) is 65.7. The van der Waals surface area contributed by atoms with E-state index in [0.717, 1.165) is 55.1 Å². The van der Waals surface area contributed by atoms with Crippen LogP contribution < -0.4 is 0 Å². The largest absolute Gasteiger partial charge is 0.455 e. The molecular weight excluding hydrogens is 703 g/mol. The summed E-state index contributed by atoms with van der Waals surface area (Å²) in [6.45, 7) is 0. The van der Waals surface area contributed by atoms with Crippen molar-refractivity contribution >= 4 is 53.4 Å². The van der Waals surface area contributed by atoms with E-state index in [2.05, 4.69) is 158 Å². The highest BCUT2D eigenvalue weighted by Gasteiger charge is 2.19. The number of hydrogen-bond donors (Lipinski definition) is 0. The maximum Gasteiger partial charge on any atom is 0.164 e. The molecule has 0 unspecified atom stereocenters. The minimum atomic E-state index is 0.613. The topological polar surface area (TPSA) is 51.8 Å². The van der Waals surface area contributed by atoms with Crippen LogP contribution in [0.1, 0.15) is 0 Å². The van der Waals surface area contributed by atoms with Gasteiger partial charge in [-0.3, -0.25) is 0 Å². The Morgan fingerprint density at radius 2 is 0.911 bits per heavy atom. The number of furan rings is 1. The molecule has 0 amide bonds. The third-order valence-electron chi connectivity index (χ3n) is 10.5. The SMILES string of the molecule is c1ccc(-c2cccc(-c3ccc4sc5cccc(-c6nc(-c7ccccc7)nc(-c7cccc(-c8cccc9c8oc8ccccc89)c7)n6)c5c4c3)c2)cc1. The molecule has 3 aromatic heterocycles. The lowest BCUT2D eigenvalue weighted by Gasteiger charge is -2.11. The molecule has 5 heteroatoms. The van der Waals surface area contributed by atoms with E-state index in [1.165, 1.54) is 37.0 Å². The molecule has 4 nitrogen and oxygen atoms in total. The van der Waals surface area contributed by atoms with Crippen molar-refractivity contribution in [1.82, 2.24) is 15.0 Å². The van der Waals surface area contributed by atoms with Crippen molar-refractivity contribution in [3.05, 3.63) is 188 Å². The summed E-state index contributed by atoms with van der Waals surface area (Å²) in [5, 5.41) is 4.54. The van der Waals surface area contributed by atoms with Crippen LogP contribution in [0.15, 0.2) is 192 Å². The highest BCUT2D eigenvalue weighted by molar-refractivity contribution is 7.26. The molecule has 11 rings (SSSR count). The number of thiophene rings is 1. The van der Waals surface area contributed by atoms with E-state index in [1.807, 2.05) is 30.3 Å². The fourth-order valence-electron chi connectivity index (χ4n) is 7.84. The molecule has 262 valence electrons. The van der Waals surface area contributed by atoms with Crippen LogP contribution >= 0.6 is 11.3 Å². The minimum Gasteiger partial charge on any atom is -0.455 e. The molecule has 0 spiro atoms. The van der Waals surface area contributed by atoms with E-state index in [4.69, 9.17) is 19.4 Å². The van der Waals surface area contributed by atoms with Crippen molar-refractivity contribution in [2.75, 3.05) is 0 Å². The molecule has 0 bridgehead atoms. The Balaban J connectivity index is 1.07. The summed E-state index contributed by atoms with van der Waals surface area (Å²) in [5.41, 5.74) is 11.4. The third kappa shape index (κ3) is 5.56. The molecule has 11 aromatic rings. The normalized spacial score (nSPS) is 11.6. The zero-order valence-corrected chi connectivity index (χ0v) is 30.9. The van der Waals surface area contributed by atoms with Gasteiger partial charge in [0, 0.05) is 53.2 Å². The Bertz CT molecular complexity index is 3260. The van der Waals surface area contributed by atoms with Gasteiger partial charge < -0.3 is 4.42 Å². The van der Waals surface area contributed by atoms with Crippen LogP contribution in [0.3, 0.4) is 0 Å². The van der Waals surface area contributed by atoms with E-state index in [0.29, 0.717) is 17.5 Å². The average molecular weight is 734 g/mol. The predicted molar refractivity (Wildman–Crippen MR) is 233 cm³/mol. The molecule has 0 saturated heterocycles. The molecular formula is C51H31N3OS. The van der Waals surface area contributed by atoms with Crippen molar-refractivity contribution in [2.24, 2.45) is 0 Å². The lowest BCUT2D eigenvalue weighted by Crippen LogP contribution is -2.00. The molecule has 0 radical (unpaired) electrons. The van der Waals surface area contributed by atoms with Crippen LogP contribution in [0.25, 0.3) is 110 Å². The molecule has 56 heavy (non-hydrogen) atoms. The van der Waals surface area contributed by atoms with Gasteiger partial charge in [0.15, 0.2) is 17.5 Å². The highest BCUT2D eigenvalue weighted by atomic mass is 32.1. The zero-order chi connectivity index (χ0) is 37.0. The number of benzene rings is 8. The van der Waals surface area contributed by atoms with E-state index in [-0.39, 0.29) is 0 Å². The second-order valence-electron chi connectivity index (χ2n) is 14.0. The molecule has 0 saturated carbocycles. The Morgan fingerprint density at radius 1 is 0.339 bits per heavy atom. The first-order valence-electron chi connectivity index (χ1n) is 18.7. The zero-order valence-electron chi connectivity index (χ0n) is 30.1. The monoisotopic (exact) mass is 733 g/mol. The average Bonchev–Trinajstić information content (AvgIpc) is 3.85. The number of aromatic nitrogens is 3. The van der Waals surface area contributed by atoms with Crippen molar-refractivity contribution in [3.63, 3.8) is 0 Å². The summed E-state index contributed by atoms with van der Waals surface area (Å²) in [6.07, 6.45) is 0. The maximum absolute atomic E-state index is 6.43. The highest BCUT2D eigenvalue weighted by Crippen LogP contribution is 2.42. The van der Waals surface area contributed by atoms with Crippen LogP contribution in [0.5, 0.6) is 0 Å². The lowest BCUT2D eigenvalue weighted by molar-refractivity contribution is 0.670. The van der Waals surface area contributed by atoms with Gasteiger partial charge in [-0.25, -0.2) is 15.0 Å². The summed E-state index contributed by atoms with van der Waals surface area (Å²) in [4.78, 5) is 15.5. The van der Waals surface area contributed by atoms with Gasteiger partial charge in [-0.15, -0.1) is 11.3 Å². The Kier molecular flexibility index (Phi) is 7.64. The maximum atomic E-state index is 6.43. The van der Waals surface area contributed by atoms with Crippen molar-refractivity contribution in [2.45, 2.75) is 0 Å². The van der Waals surface area contributed by atoms with Gasteiger partial charge in [-0.05, 0) is 64.2 Å². The summed E-state index contributed by atoms with van der Waals surface area (Å²) < 4.78 is 8.84. The van der Waals surface area contributed by atoms with Crippen LogP contribution in [-0.2, 0) is 0 Å². The third-order valence-corrected chi connectivity index (χ3v) is 11.7. The first-order chi connectivity index (χ1) is 27.7. The number of fused-ring (bicyclic) bond motifs is 6. The number of nitrogens with zero attached hydrogens (tertiary/aromatic N) is 3. The van der Waals surface area contributed by atoms with E-state index < -0.39 is 0 Å². The molecule has 8 aromatic carbocycles. The molecule has 0 N–H and O–H groups in total. The second kappa shape index (κ2) is 13.3. The van der Waals surface area contributed by atoms with Crippen molar-refractivity contribution in [3.8, 4) is 67.5 Å². The van der Waals surface area contributed by atoms with Crippen LogP contribution in [0.2, 0.25) is 0 Å². The standard InChI is InChI=1S/C51H31N3OS/c1-3-13-32(14-4-1)34-17-9-18-35(29-34)36-27-28-45-43(31-36)47-42(24-12-26-46(47)56-45)51-53-49(33-15-5-2-6-16-33)52-50(54-51)38-20-10-19-37(30-38)39-22-11-23-41-40-21-7-8-25-44(40)55-48(39)41/h1-31H. The van der Waals surface area contributed by atoms with Gasteiger partial charge in [0.05, 0.1) is 0 Å². The van der Waals surface area contributed by atoms with Gasteiger partial charge >= 0.3 is 0 Å². The number of hydrogen-bond acceptors (Lipinski definition) is 5. The van der Waals surface area contributed by atoms with E-state index in [1.54, 1.807) is 11.3 Å². The fourth-order valence-corrected chi connectivity index (χ4v) is 8.96. The van der Waals surface area contributed by atoms with Crippen LogP contribution in [0, 0.1) is 0 Å². The van der Waals surface area contributed by atoms with Crippen LogP contribution in [-0.4, -0.2) is 15.0 Å². The molecule has 0 atom stereocenters. The Labute approximate surface area is 327 Å². The first kappa shape index (κ1) is 32.2. The lowest BCUT2D eigenvalue weighted by atomic mass is 9.97. The summed E-state index contributed by atoms with van der Waals surface area (Å²) >= 11 is 1.80. The van der Waals surface area contributed by atoms with Gasteiger partial charge in [0.25, 0.3) is 0 Å². The Morgan fingerprint density at radius 3 is 1.75 bits per heavy atom. The van der Waals surface area contributed by atoms with Gasteiger partial charge in [0.1, 0.15) is 11.2 Å². The second-order valence-corrected chi connectivity index (χ2v) is 15.1. The predicted octanol–water partition coefficient (Wildman–Crippen LogP) is 14.1. The molecule has 0 aliphatic heterocycles. The fraction of sp³-hybridized carbons (Fsp3) is 0. The van der Waals surface area contributed by atoms with Gasteiger partial charge in [-0.2, -0.15) is 0 Å². The molecule has 3 heterocycles. The summed E-state index contributed by atoms with van der Waals surface area (Å²) in [7, 11) is 0. The summed E-state index contributed by atoms with van der Waals surface area (Å²) in [5.74, 6) is 1.88. The Hall–Kier alpha value is -7.21. The quantitative estimate of drug-likeness (QED) is 0.171. The van der Waals surface area contributed by atoms with Crippen LogP contribution in [0.4, 0.5) is 0 Å². The van der Waals surface area contributed by atoms with Gasteiger partial charge in [-0.1, -0.05) is 152 Å². The molecule has 0 aliphatic rings.